The van der Waals surface area contributed by atoms with Crippen LogP contribution in [0, 0.1) is 12.8 Å². The van der Waals surface area contributed by atoms with Gasteiger partial charge in [0.1, 0.15) is 0 Å². The van der Waals surface area contributed by atoms with Crippen molar-refractivity contribution in [2.75, 3.05) is 25.5 Å². The zero-order valence-electron chi connectivity index (χ0n) is 11.6. The number of nitrogens with two attached hydrogens (primary N) is 1. The average Bonchev–Trinajstić information content (AvgIpc) is 2.97. The summed E-state index contributed by atoms with van der Waals surface area (Å²) in [5, 5.41) is 6.44. The normalized spacial score (nSPS) is 22.9. The molecule has 6 nitrogen and oxygen atoms in total. The number of hydrogen-bond acceptors (Lipinski definition) is 5. The maximum atomic E-state index is 11.9. The fraction of sp³-hybridized carbons (Fsp3) is 0.692. The molecule has 3 N–H and O–H groups in total. The summed E-state index contributed by atoms with van der Waals surface area (Å²) in [6.45, 7) is 2.86. The molecule has 1 amide bonds. The molecule has 2 rings (SSSR count). The summed E-state index contributed by atoms with van der Waals surface area (Å²) in [6.07, 6.45) is 3.47. The summed E-state index contributed by atoms with van der Waals surface area (Å²) in [5.41, 5.74) is 6.52. The number of carbonyl (C=O) groups is 1. The number of nitrogens with zero attached hydrogens (tertiary/aromatic N) is 2. The van der Waals surface area contributed by atoms with Gasteiger partial charge in [0.2, 0.25) is 11.8 Å². The number of hydrogen-bond donors (Lipinski definition) is 2. The molecule has 1 heterocycles. The van der Waals surface area contributed by atoms with E-state index in [-0.39, 0.29) is 5.91 Å². The Hall–Kier alpha value is -1.40. The molecule has 2 atom stereocenters. The predicted octanol–water partition coefficient (Wildman–Crippen LogP) is 0.981. The van der Waals surface area contributed by atoms with Crippen LogP contribution in [0.15, 0.2) is 10.6 Å². The molecule has 0 radical (unpaired) electrons. The Bertz CT molecular complexity index is 432. The van der Waals surface area contributed by atoms with E-state index in [0.29, 0.717) is 30.9 Å². The summed E-state index contributed by atoms with van der Waals surface area (Å²) >= 11 is 0. The summed E-state index contributed by atoms with van der Waals surface area (Å²) in [6, 6.07) is 2.11. The molecule has 106 valence electrons. The highest BCUT2D eigenvalue weighted by Gasteiger charge is 2.30. The third-order valence-corrected chi connectivity index (χ3v) is 3.77. The van der Waals surface area contributed by atoms with Crippen LogP contribution in [0.25, 0.3) is 0 Å². The van der Waals surface area contributed by atoms with Gasteiger partial charge in [0.25, 0.3) is 0 Å². The summed E-state index contributed by atoms with van der Waals surface area (Å²) < 4.78 is 4.96. The first-order valence-corrected chi connectivity index (χ1v) is 6.73. The molecular formula is C13H22N4O2. The predicted molar refractivity (Wildman–Crippen MR) is 72.7 cm³/mol. The number of aryl methyl sites for hydroxylation is 1. The molecule has 0 saturated heterocycles. The Kier molecular flexibility index (Phi) is 4.55. The van der Waals surface area contributed by atoms with Crippen LogP contribution in [0.3, 0.4) is 0 Å². The van der Waals surface area contributed by atoms with Crippen molar-refractivity contribution in [2.24, 2.45) is 11.7 Å². The molecule has 1 aliphatic carbocycles. The first-order chi connectivity index (χ1) is 9.10. The van der Waals surface area contributed by atoms with Gasteiger partial charge >= 0.3 is 0 Å². The van der Waals surface area contributed by atoms with Crippen LogP contribution < -0.4 is 11.1 Å². The largest absolute Gasteiger partial charge is 0.338 e. The molecule has 0 bridgehead atoms. The molecule has 0 aromatic carbocycles. The van der Waals surface area contributed by atoms with Gasteiger partial charge in [-0.25, -0.2) is 0 Å². The van der Waals surface area contributed by atoms with Crippen LogP contribution in [0.1, 0.15) is 25.0 Å². The standard InChI is InChI=1S/C13H22N4O2/c1-9-6-13(19-16-9)15-12(18)8-17(2)11-5-3-4-10(11)7-14/h6,10-11H,3-5,7-8,14H2,1-2H3,(H,15,18). The van der Waals surface area contributed by atoms with Crippen molar-refractivity contribution in [3.05, 3.63) is 11.8 Å². The summed E-state index contributed by atoms with van der Waals surface area (Å²) in [4.78, 5) is 14.0. The average molecular weight is 266 g/mol. The highest BCUT2D eigenvalue weighted by molar-refractivity contribution is 5.90. The second-order valence-electron chi connectivity index (χ2n) is 5.29. The van der Waals surface area contributed by atoms with E-state index in [4.69, 9.17) is 10.3 Å². The summed E-state index contributed by atoms with van der Waals surface area (Å²) in [5.74, 6) is 0.823. The first kappa shape index (κ1) is 14.0. The van der Waals surface area contributed by atoms with E-state index in [0.717, 1.165) is 18.5 Å². The van der Waals surface area contributed by atoms with E-state index < -0.39 is 0 Å². The van der Waals surface area contributed by atoms with Gasteiger partial charge in [0.05, 0.1) is 12.2 Å². The molecule has 2 unspecified atom stereocenters. The zero-order valence-corrected chi connectivity index (χ0v) is 11.6. The van der Waals surface area contributed by atoms with Gasteiger partial charge in [0.15, 0.2) is 0 Å². The number of nitrogens with one attached hydrogen (secondary N) is 1. The van der Waals surface area contributed by atoms with Crippen molar-refractivity contribution in [1.29, 1.82) is 0 Å². The quantitative estimate of drug-likeness (QED) is 0.830. The summed E-state index contributed by atoms with van der Waals surface area (Å²) in [7, 11) is 1.98. The lowest BCUT2D eigenvalue weighted by atomic mass is 10.0. The van der Waals surface area contributed by atoms with E-state index in [1.54, 1.807) is 6.07 Å². The monoisotopic (exact) mass is 266 g/mol. The molecule has 6 heteroatoms. The maximum Gasteiger partial charge on any atom is 0.240 e. The van der Waals surface area contributed by atoms with Crippen molar-refractivity contribution in [3.63, 3.8) is 0 Å². The number of rotatable bonds is 5. The minimum atomic E-state index is -0.0821. The van der Waals surface area contributed by atoms with Gasteiger partial charge in [-0.1, -0.05) is 11.6 Å². The molecular weight excluding hydrogens is 244 g/mol. The fourth-order valence-electron chi connectivity index (χ4n) is 2.82. The Morgan fingerprint density at radius 2 is 2.42 bits per heavy atom. The molecule has 1 aromatic heterocycles. The lowest BCUT2D eigenvalue weighted by Gasteiger charge is -2.28. The lowest BCUT2D eigenvalue weighted by molar-refractivity contribution is -0.117. The van der Waals surface area contributed by atoms with Crippen LogP contribution in [0.4, 0.5) is 5.88 Å². The number of anilines is 1. The van der Waals surface area contributed by atoms with E-state index in [1.807, 2.05) is 14.0 Å². The van der Waals surface area contributed by atoms with Crippen LogP contribution in [0.2, 0.25) is 0 Å². The zero-order chi connectivity index (χ0) is 13.8. The van der Waals surface area contributed by atoms with E-state index >= 15 is 0 Å². The minimum absolute atomic E-state index is 0.0821. The van der Waals surface area contributed by atoms with Crippen molar-refractivity contribution in [2.45, 2.75) is 32.2 Å². The molecule has 1 fully saturated rings. The van der Waals surface area contributed by atoms with E-state index in [9.17, 15) is 4.79 Å². The second-order valence-corrected chi connectivity index (χ2v) is 5.29. The van der Waals surface area contributed by atoms with Gasteiger partial charge in [-0.2, -0.15) is 0 Å². The Labute approximate surface area is 113 Å². The maximum absolute atomic E-state index is 11.9. The number of carbonyl (C=O) groups excluding carboxylic acids is 1. The van der Waals surface area contributed by atoms with Gasteiger partial charge in [-0.15, -0.1) is 0 Å². The van der Waals surface area contributed by atoms with Crippen LogP contribution in [0.5, 0.6) is 0 Å². The van der Waals surface area contributed by atoms with Crippen LogP contribution >= 0.6 is 0 Å². The van der Waals surface area contributed by atoms with Crippen molar-refractivity contribution >= 4 is 11.8 Å². The second kappa shape index (κ2) is 6.16. The number of likely N-dealkylation sites (N-methyl/N-ethyl adjacent to an activating group) is 1. The molecule has 1 aromatic rings. The van der Waals surface area contributed by atoms with Crippen molar-refractivity contribution in [1.82, 2.24) is 10.1 Å². The van der Waals surface area contributed by atoms with Gasteiger partial charge in [-0.05, 0) is 39.3 Å². The third-order valence-electron chi connectivity index (χ3n) is 3.77. The van der Waals surface area contributed by atoms with Gasteiger partial charge in [0, 0.05) is 12.1 Å². The van der Waals surface area contributed by atoms with Crippen LogP contribution in [-0.2, 0) is 4.79 Å². The fourth-order valence-corrected chi connectivity index (χ4v) is 2.82. The SMILES string of the molecule is Cc1cc(NC(=O)CN(C)C2CCCC2CN)on1. The smallest absolute Gasteiger partial charge is 0.240 e. The molecule has 0 spiro atoms. The molecule has 1 aliphatic rings. The molecule has 1 saturated carbocycles. The number of amides is 1. The topological polar surface area (TPSA) is 84.4 Å². The Morgan fingerprint density at radius 3 is 3.05 bits per heavy atom. The van der Waals surface area contributed by atoms with Crippen molar-refractivity contribution < 1.29 is 9.32 Å². The van der Waals surface area contributed by atoms with E-state index in [2.05, 4.69) is 15.4 Å². The van der Waals surface area contributed by atoms with Gasteiger partial charge < -0.3 is 10.3 Å². The Balaban J connectivity index is 1.84. The van der Waals surface area contributed by atoms with Gasteiger partial charge in [-0.3, -0.25) is 15.0 Å². The minimum Gasteiger partial charge on any atom is -0.338 e. The highest BCUT2D eigenvalue weighted by Crippen LogP contribution is 2.28. The number of aromatic nitrogens is 1. The molecule has 19 heavy (non-hydrogen) atoms. The third kappa shape index (κ3) is 3.54. The van der Waals surface area contributed by atoms with Crippen molar-refractivity contribution in [3.8, 4) is 0 Å². The Morgan fingerprint density at radius 1 is 1.63 bits per heavy atom. The highest BCUT2D eigenvalue weighted by atomic mass is 16.5. The first-order valence-electron chi connectivity index (χ1n) is 6.73. The lowest BCUT2D eigenvalue weighted by Crippen LogP contribution is -2.41. The van der Waals surface area contributed by atoms with Crippen LogP contribution in [-0.4, -0.2) is 42.1 Å². The molecule has 0 aliphatic heterocycles. The van der Waals surface area contributed by atoms with E-state index in [1.165, 1.54) is 6.42 Å².